The molecule has 3 aromatic rings. The first-order valence-electron chi connectivity index (χ1n) is 12.2. The van der Waals surface area contributed by atoms with Crippen molar-refractivity contribution in [3.8, 4) is 0 Å². The SMILES string of the molecule is Cl.N[C@@H](CC(=O)N1CCn2c(nnc2C(F)(F)F)C1Cc1cc(C(F)(F)F)cc(C(F)(F)F)c1)Cc1cc(F)c(F)cc1F. The van der Waals surface area contributed by atoms with Gasteiger partial charge in [0.2, 0.25) is 11.7 Å². The van der Waals surface area contributed by atoms with Crippen molar-refractivity contribution >= 4 is 18.3 Å². The van der Waals surface area contributed by atoms with Crippen molar-refractivity contribution in [2.45, 2.75) is 56.4 Å². The summed E-state index contributed by atoms with van der Waals surface area (Å²) >= 11 is 0. The van der Waals surface area contributed by atoms with Crippen molar-refractivity contribution in [2.24, 2.45) is 5.73 Å². The molecule has 1 aliphatic rings. The van der Waals surface area contributed by atoms with Gasteiger partial charge >= 0.3 is 18.5 Å². The molecule has 0 saturated heterocycles. The topological polar surface area (TPSA) is 77.0 Å². The van der Waals surface area contributed by atoms with E-state index in [0.717, 1.165) is 4.90 Å². The number of hydrogen-bond donors (Lipinski definition) is 1. The fourth-order valence-electron chi connectivity index (χ4n) is 4.77. The Bertz CT molecular complexity index is 1490. The zero-order valence-corrected chi connectivity index (χ0v) is 22.6. The number of nitrogens with zero attached hydrogens (tertiary/aromatic N) is 4. The Kier molecular flexibility index (Phi) is 9.89. The zero-order chi connectivity index (χ0) is 32.1. The Morgan fingerprint density at radius 3 is 1.93 bits per heavy atom. The molecule has 2 N–H and O–H groups in total. The second-order valence-corrected chi connectivity index (χ2v) is 9.78. The molecule has 1 amide bonds. The first-order chi connectivity index (χ1) is 19.8. The Labute approximate surface area is 246 Å². The summed E-state index contributed by atoms with van der Waals surface area (Å²) < 4.78 is 162. The van der Waals surface area contributed by atoms with Crippen LogP contribution in [0.25, 0.3) is 0 Å². The Hall–Kier alpha value is -3.54. The Balaban J connectivity index is 0.00000529. The lowest BCUT2D eigenvalue weighted by Crippen LogP contribution is -2.45. The number of hydrogen-bond acceptors (Lipinski definition) is 4. The first-order valence-corrected chi connectivity index (χ1v) is 12.2. The maximum absolute atomic E-state index is 14.1. The third-order valence-electron chi connectivity index (χ3n) is 6.68. The van der Waals surface area contributed by atoms with Crippen LogP contribution in [-0.2, 0) is 42.7 Å². The second-order valence-electron chi connectivity index (χ2n) is 9.78. The molecule has 242 valence electrons. The van der Waals surface area contributed by atoms with Crippen LogP contribution in [0.4, 0.5) is 52.7 Å². The van der Waals surface area contributed by atoms with E-state index in [2.05, 4.69) is 10.2 Å². The molecular weight excluding hydrogens is 650 g/mol. The third kappa shape index (κ3) is 7.57. The van der Waals surface area contributed by atoms with Crippen LogP contribution in [0.3, 0.4) is 0 Å². The molecule has 0 aliphatic carbocycles. The summed E-state index contributed by atoms with van der Waals surface area (Å²) in [4.78, 5) is 14.1. The fourth-order valence-corrected chi connectivity index (χ4v) is 4.77. The van der Waals surface area contributed by atoms with Crippen molar-refractivity contribution in [3.05, 3.63) is 81.7 Å². The largest absolute Gasteiger partial charge is 0.451 e. The summed E-state index contributed by atoms with van der Waals surface area (Å²) in [6.45, 7) is -1.04. The summed E-state index contributed by atoms with van der Waals surface area (Å²) in [7, 11) is 0. The van der Waals surface area contributed by atoms with Crippen LogP contribution in [0, 0.1) is 17.5 Å². The van der Waals surface area contributed by atoms with E-state index >= 15 is 0 Å². The lowest BCUT2D eigenvalue weighted by molar-refractivity contribution is -0.149. The van der Waals surface area contributed by atoms with E-state index in [0.29, 0.717) is 22.8 Å². The molecule has 1 aromatic heterocycles. The minimum atomic E-state index is -5.22. The predicted octanol–water partition coefficient (Wildman–Crippen LogP) is 6.26. The minimum absolute atomic E-state index is 0. The molecule has 2 atom stereocenters. The molecule has 6 nitrogen and oxygen atoms in total. The van der Waals surface area contributed by atoms with Gasteiger partial charge in [0.1, 0.15) is 5.82 Å². The zero-order valence-electron chi connectivity index (χ0n) is 21.8. The van der Waals surface area contributed by atoms with Gasteiger partial charge in [-0.2, -0.15) is 39.5 Å². The van der Waals surface area contributed by atoms with Crippen LogP contribution in [0.15, 0.2) is 30.3 Å². The van der Waals surface area contributed by atoms with Crippen LogP contribution in [0.1, 0.15) is 46.4 Å². The summed E-state index contributed by atoms with van der Waals surface area (Å²) in [5, 5.41) is 6.52. The van der Waals surface area contributed by atoms with Crippen LogP contribution in [0.5, 0.6) is 0 Å². The highest BCUT2D eigenvalue weighted by atomic mass is 35.5. The van der Waals surface area contributed by atoms with Gasteiger partial charge in [0.05, 0.1) is 17.2 Å². The van der Waals surface area contributed by atoms with Gasteiger partial charge in [0.15, 0.2) is 17.5 Å². The Morgan fingerprint density at radius 2 is 1.39 bits per heavy atom. The van der Waals surface area contributed by atoms with Crippen molar-refractivity contribution in [3.63, 3.8) is 0 Å². The predicted molar refractivity (Wildman–Crippen MR) is 129 cm³/mol. The highest BCUT2D eigenvalue weighted by Gasteiger charge is 2.44. The van der Waals surface area contributed by atoms with Gasteiger partial charge < -0.3 is 15.2 Å². The Morgan fingerprint density at radius 1 is 0.818 bits per heavy atom. The number of rotatable bonds is 6. The van der Waals surface area contributed by atoms with Gasteiger partial charge in [0.25, 0.3) is 0 Å². The average Bonchev–Trinajstić information content (AvgIpc) is 3.31. The van der Waals surface area contributed by atoms with E-state index in [-0.39, 0.29) is 24.5 Å². The second kappa shape index (κ2) is 12.5. The highest BCUT2D eigenvalue weighted by molar-refractivity contribution is 5.85. The summed E-state index contributed by atoms with van der Waals surface area (Å²) in [6, 6.07) is -1.50. The maximum atomic E-state index is 14.1. The normalized spacial score (nSPS) is 16.4. The standard InChI is InChI=1S/C25H19F12N5O.ClH/c26-16-10-18(28)17(27)7-12(16)6-15(38)9-20(43)41-1-2-42-21(39-40-22(42)25(35,36)37)19(41)5-11-3-13(23(29,30)31)8-14(4-11)24(32,33)34;/h3-4,7-8,10,15,19H,1-2,5-6,9,38H2;1H/t15-,19?;/m1./s1. The molecule has 0 spiro atoms. The van der Waals surface area contributed by atoms with E-state index < -0.39 is 120 Å². The van der Waals surface area contributed by atoms with Crippen LogP contribution in [0.2, 0.25) is 0 Å². The van der Waals surface area contributed by atoms with Crippen LogP contribution >= 0.6 is 12.4 Å². The van der Waals surface area contributed by atoms with Gasteiger partial charge in [-0.05, 0) is 41.8 Å². The fraction of sp³-hybridized carbons (Fsp3) is 0.400. The maximum Gasteiger partial charge on any atom is 0.451 e. The molecule has 2 heterocycles. The minimum Gasteiger partial charge on any atom is -0.330 e. The number of aromatic nitrogens is 3. The lowest BCUT2D eigenvalue weighted by atomic mass is 9.96. The molecule has 0 saturated carbocycles. The monoisotopic (exact) mass is 669 g/mol. The lowest BCUT2D eigenvalue weighted by Gasteiger charge is -2.37. The van der Waals surface area contributed by atoms with Gasteiger partial charge in [0, 0.05) is 38.0 Å². The smallest absolute Gasteiger partial charge is 0.330 e. The van der Waals surface area contributed by atoms with E-state index in [9.17, 15) is 57.5 Å². The van der Waals surface area contributed by atoms with Gasteiger partial charge in [-0.3, -0.25) is 4.79 Å². The molecule has 0 radical (unpaired) electrons. The number of benzene rings is 2. The molecule has 44 heavy (non-hydrogen) atoms. The molecule has 4 rings (SSSR count). The molecule has 2 aromatic carbocycles. The van der Waals surface area contributed by atoms with Crippen LogP contribution in [-0.4, -0.2) is 38.2 Å². The average molecular weight is 670 g/mol. The molecule has 1 aliphatic heterocycles. The summed E-state index contributed by atoms with van der Waals surface area (Å²) in [5.41, 5.74) is 1.52. The quantitative estimate of drug-likeness (QED) is 0.249. The third-order valence-corrected chi connectivity index (χ3v) is 6.68. The summed E-state index contributed by atoms with van der Waals surface area (Å²) in [5.74, 6) is -7.03. The number of fused-ring (bicyclic) bond motifs is 1. The van der Waals surface area contributed by atoms with Crippen molar-refractivity contribution in [1.82, 2.24) is 19.7 Å². The molecule has 19 heteroatoms. The van der Waals surface area contributed by atoms with E-state index in [1.807, 2.05) is 0 Å². The van der Waals surface area contributed by atoms with E-state index in [4.69, 9.17) is 5.73 Å². The first kappa shape index (κ1) is 34.9. The van der Waals surface area contributed by atoms with Crippen LogP contribution < -0.4 is 5.73 Å². The van der Waals surface area contributed by atoms with Gasteiger partial charge in [-0.25, -0.2) is 13.2 Å². The van der Waals surface area contributed by atoms with Gasteiger partial charge in [-0.15, -0.1) is 22.6 Å². The summed E-state index contributed by atoms with van der Waals surface area (Å²) in [6.07, 6.45) is -17.5. The number of halogens is 13. The molecular formula is C25H20ClF12N5O. The number of carbonyl (C=O) groups is 1. The van der Waals surface area contributed by atoms with E-state index in [1.165, 1.54) is 0 Å². The molecule has 0 bridgehead atoms. The van der Waals surface area contributed by atoms with Gasteiger partial charge in [-0.1, -0.05) is 0 Å². The molecule has 0 fully saturated rings. The molecule has 1 unspecified atom stereocenters. The van der Waals surface area contributed by atoms with E-state index in [1.54, 1.807) is 0 Å². The van der Waals surface area contributed by atoms with Crippen molar-refractivity contribution < 1.29 is 57.5 Å². The number of alkyl halides is 9. The number of amides is 1. The van der Waals surface area contributed by atoms with Crippen molar-refractivity contribution in [2.75, 3.05) is 6.54 Å². The highest BCUT2D eigenvalue weighted by Crippen LogP contribution is 2.39. The number of nitrogens with two attached hydrogens (primary N) is 1. The number of carbonyl (C=O) groups excluding carboxylic acids is 1. The van der Waals surface area contributed by atoms with Crippen molar-refractivity contribution in [1.29, 1.82) is 0 Å².